The largest absolute Gasteiger partial charge is 0.355 e. The molecule has 0 unspecified atom stereocenters. The van der Waals surface area contributed by atoms with E-state index in [9.17, 15) is 14.4 Å². The van der Waals surface area contributed by atoms with Crippen LogP contribution in [0, 0.1) is 0 Å². The van der Waals surface area contributed by atoms with E-state index in [0.717, 1.165) is 17.5 Å². The number of carbonyl (C=O) groups is 3. The Labute approximate surface area is 177 Å². The summed E-state index contributed by atoms with van der Waals surface area (Å²) in [4.78, 5) is 41.2. The predicted octanol–water partition coefficient (Wildman–Crippen LogP) is 2.09. The maximum absolute atomic E-state index is 13.6. The van der Waals surface area contributed by atoms with Crippen molar-refractivity contribution in [2.45, 2.75) is 25.3 Å². The quantitative estimate of drug-likeness (QED) is 0.623. The van der Waals surface area contributed by atoms with Crippen molar-refractivity contribution in [2.24, 2.45) is 0 Å². The summed E-state index contributed by atoms with van der Waals surface area (Å²) in [5.74, 6) is -0.451. The predicted molar refractivity (Wildman–Crippen MR) is 114 cm³/mol. The Balaban J connectivity index is 1.82. The van der Waals surface area contributed by atoms with Crippen molar-refractivity contribution >= 4 is 17.8 Å². The fourth-order valence-electron chi connectivity index (χ4n) is 3.65. The van der Waals surface area contributed by atoms with Gasteiger partial charge in [0.15, 0.2) is 5.54 Å². The van der Waals surface area contributed by atoms with Gasteiger partial charge in [-0.2, -0.15) is 0 Å². The first-order valence-corrected chi connectivity index (χ1v) is 10.1. The zero-order valence-electron chi connectivity index (χ0n) is 17.4. The summed E-state index contributed by atoms with van der Waals surface area (Å²) in [6.45, 7) is 2.72. The molecule has 0 radical (unpaired) electrons. The van der Waals surface area contributed by atoms with E-state index in [4.69, 9.17) is 0 Å². The Morgan fingerprint density at radius 1 is 1.07 bits per heavy atom. The number of likely N-dealkylation sites (N-methyl/N-ethyl adjacent to an activating group) is 1. The summed E-state index contributed by atoms with van der Waals surface area (Å²) >= 11 is 0. The summed E-state index contributed by atoms with van der Waals surface area (Å²) in [6, 6.07) is 18.5. The molecule has 0 spiro atoms. The molecule has 2 aromatic rings. The lowest BCUT2D eigenvalue weighted by Gasteiger charge is -2.28. The van der Waals surface area contributed by atoms with Crippen molar-refractivity contribution in [3.05, 3.63) is 71.8 Å². The average molecular weight is 409 g/mol. The molecule has 0 aliphatic carbocycles. The third-order valence-electron chi connectivity index (χ3n) is 5.12. The van der Waals surface area contributed by atoms with Crippen LogP contribution in [0.5, 0.6) is 0 Å². The molecule has 1 heterocycles. The third kappa shape index (κ3) is 4.68. The Kier molecular flexibility index (Phi) is 6.84. The smallest absolute Gasteiger partial charge is 0.326 e. The zero-order chi connectivity index (χ0) is 21.6. The van der Waals surface area contributed by atoms with Crippen LogP contribution in [0.3, 0.4) is 0 Å². The molecular weight excluding hydrogens is 380 g/mol. The standard InChI is InChI=1S/C23H28N4O3/c1-3-14-24-20(28)16-26(2)17-27-21(29)23(25-22(27)30,19-12-8-5-9-13-19)15-18-10-6-4-7-11-18/h4-13H,3,14-17H2,1-2H3,(H,24,28)(H,25,30)/t23-/m1/s1. The molecular formula is C23H28N4O3. The molecule has 7 heteroatoms. The second-order valence-corrected chi connectivity index (χ2v) is 7.60. The van der Waals surface area contributed by atoms with Gasteiger partial charge in [-0.3, -0.25) is 14.5 Å². The first-order chi connectivity index (χ1) is 14.5. The van der Waals surface area contributed by atoms with Gasteiger partial charge < -0.3 is 10.6 Å². The highest BCUT2D eigenvalue weighted by atomic mass is 16.2. The van der Waals surface area contributed by atoms with E-state index in [0.29, 0.717) is 13.0 Å². The van der Waals surface area contributed by atoms with Crippen LogP contribution in [-0.2, 0) is 21.5 Å². The lowest BCUT2D eigenvalue weighted by molar-refractivity contribution is -0.134. The van der Waals surface area contributed by atoms with Gasteiger partial charge in [0.05, 0.1) is 13.2 Å². The molecule has 2 N–H and O–H groups in total. The Hall–Kier alpha value is -3.19. The monoisotopic (exact) mass is 408 g/mol. The van der Waals surface area contributed by atoms with E-state index in [1.54, 1.807) is 11.9 Å². The van der Waals surface area contributed by atoms with E-state index in [2.05, 4.69) is 10.6 Å². The first-order valence-electron chi connectivity index (χ1n) is 10.1. The molecule has 1 atom stereocenters. The molecule has 1 fully saturated rings. The van der Waals surface area contributed by atoms with Crippen LogP contribution in [0.25, 0.3) is 0 Å². The van der Waals surface area contributed by atoms with Crippen LogP contribution in [0.2, 0.25) is 0 Å². The van der Waals surface area contributed by atoms with E-state index >= 15 is 0 Å². The lowest BCUT2D eigenvalue weighted by Crippen LogP contribution is -2.47. The fourth-order valence-corrected chi connectivity index (χ4v) is 3.65. The maximum Gasteiger partial charge on any atom is 0.326 e. The van der Waals surface area contributed by atoms with Crippen LogP contribution >= 0.6 is 0 Å². The van der Waals surface area contributed by atoms with Crippen LogP contribution in [0.4, 0.5) is 4.79 Å². The summed E-state index contributed by atoms with van der Waals surface area (Å²) in [7, 11) is 1.71. The molecule has 7 nitrogen and oxygen atoms in total. The van der Waals surface area contributed by atoms with Crippen LogP contribution in [0.1, 0.15) is 24.5 Å². The van der Waals surface area contributed by atoms with Gasteiger partial charge in [-0.05, 0) is 24.6 Å². The number of nitrogens with one attached hydrogen (secondary N) is 2. The van der Waals surface area contributed by atoms with Crippen molar-refractivity contribution in [1.82, 2.24) is 20.4 Å². The fraction of sp³-hybridized carbons (Fsp3) is 0.348. The zero-order valence-corrected chi connectivity index (χ0v) is 17.4. The highest BCUT2D eigenvalue weighted by Gasteiger charge is 2.52. The van der Waals surface area contributed by atoms with Gasteiger partial charge in [-0.1, -0.05) is 67.6 Å². The molecule has 1 aliphatic heterocycles. The second kappa shape index (κ2) is 9.54. The van der Waals surface area contributed by atoms with Crippen molar-refractivity contribution < 1.29 is 14.4 Å². The summed E-state index contributed by atoms with van der Waals surface area (Å²) in [5.41, 5.74) is 0.507. The van der Waals surface area contributed by atoms with Gasteiger partial charge in [-0.25, -0.2) is 9.69 Å². The minimum absolute atomic E-state index is 0.0353. The number of amides is 4. The minimum atomic E-state index is -1.18. The number of hydrogen-bond donors (Lipinski definition) is 2. The molecule has 158 valence electrons. The highest BCUT2D eigenvalue weighted by molar-refractivity contribution is 6.07. The second-order valence-electron chi connectivity index (χ2n) is 7.60. The molecule has 1 saturated heterocycles. The molecule has 0 aromatic heterocycles. The molecule has 2 aromatic carbocycles. The Morgan fingerprint density at radius 3 is 2.33 bits per heavy atom. The number of urea groups is 1. The Morgan fingerprint density at radius 2 is 1.70 bits per heavy atom. The molecule has 0 saturated carbocycles. The van der Waals surface area contributed by atoms with Gasteiger partial charge in [0.2, 0.25) is 5.91 Å². The summed E-state index contributed by atoms with van der Waals surface area (Å²) in [5, 5.41) is 5.74. The van der Waals surface area contributed by atoms with Crippen molar-refractivity contribution in [2.75, 3.05) is 26.8 Å². The average Bonchev–Trinajstić information content (AvgIpc) is 2.98. The summed E-state index contributed by atoms with van der Waals surface area (Å²) < 4.78 is 0. The minimum Gasteiger partial charge on any atom is -0.355 e. The highest BCUT2D eigenvalue weighted by Crippen LogP contribution is 2.33. The topological polar surface area (TPSA) is 81.8 Å². The SMILES string of the molecule is CCCNC(=O)CN(C)CN1C(=O)N[C@](Cc2ccccc2)(c2ccccc2)C1=O. The Bertz CT molecular complexity index is 888. The van der Waals surface area contributed by atoms with Crippen molar-refractivity contribution in [3.8, 4) is 0 Å². The van der Waals surface area contributed by atoms with E-state index in [1.165, 1.54) is 4.90 Å². The number of imide groups is 1. The van der Waals surface area contributed by atoms with Crippen molar-refractivity contribution in [3.63, 3.8) is 0 Å². The third-order valence-corrected chi connectivity index (χ3v) is 5.12. The normalized spacial score (nSPS) is 18.6. The number of nitrogens with zero attached hydrogens (tertiary/aromatic N) is 2. The van der Waals surface area contributed by atoms with Crippen LogP contribution < -0.4 is 10.6 Å². The number of carbonyl (C=O) groups excluding carboxylic acids is 3. The van der Waals surface area contributed by atoms with E-state index in [1.807, 2.05) is 67.6 Å². The molecule has 0 bridgehead atoms. The number of rotatable bonds is 9. The molecule has 30 heavy (non-hydrogen) atoms. The van der Waals surface area contributed by atoms with E-state index in [-0.39, 0.29) is 25.0 Å². The van der Waals surface area contributed by atoms with E-state index < -0.39 is 11.6 Å². The van der Waals surface area contributed by atoms with Gasteiger partial charge in [0.25, 0.3) is 5.91 Å². The first kappa shape index (κ1) is 21.5. The van der Waals surface area contributed by atoms with Crippen LogP contribution in [-0.4, -0.2) is 54.5 Å². The van der Waals surface area contributed by atoms with Crippen molar-refractivity contribution in [1.29, 1.82) is 0 Å². The van der Waals surface area contributed by atoms with Gasteiger partial charge in [0.1, 0.15) is 0 Å². The molecule has 4 amide bonds. The number of benzene rings is 2. The van der Waals surface area contributed by atoms with Gasteiger partial charge in [-0.15, -0.1) is 0 Å². The van der Waals surface area contributed by atoms with Crippen LogP contribution in [0.15, 0.2) is 60.7 Å². The lowest BCUT2D eigenvalue weighted by atomic mass is 9.83. The van der Waals surface area contributed by atoms with Gasteiger partial charge >= 0.3 is 6.03 Å². The molecule has 1 aliphatic rings. The van der Waals surface area contributed by atoms with Gasteiger partial charge in [0, 0.05) is 13.0 Å². The maximum atomic E-state index is 13.6. The summed E-state index contributed by atoms with van der Waals surface area (Å²) in [6.07, 6.45) is 1.20. The number of hydrogen-bond acceptors (Lipinski definition) is 4. The molecule has 3 rings (SSSR count).